The number of amides is 1. The predicted octanol–water partition coefficient (Wildman–Crippen LogP) is 1.80. The quantitative estimate of drug-likeness (QED) is 0.797. The van der Waals surface area contributed by atoms with E-state index in [2.05, 4.69) is 5.32 Å². The summed E-state index contributed by atoms with van der Waals surface area (Å²) < 4.78 is 5.46. The maximum atomic E-state index is 12.2. The minimum atomic E-state index is 0.00725. The number of rotatable bonds is 2. The fourth-order valence-corrected chi connectivity index (χ4v) is 3.08. The van der Waals surface area contributed by atoms with Crippen molar-refractivity contribution in [3.8, 4) is 0 Å². The molecule has 4 heteroatoms. The highest BCUT2D eigenvalue weighted by molar-refractivity contribution is 5.79. The largest absolute Gasteiger partial charge is 0.399 e. The number of ether oxygens (including phenoxy) is 1. The second kappa shape index (κ2) is 4.85. The van der Waals surface area contributed by atoms with Crippen LogP contribution in [-0.2, 0) is 16.0 Å². The third-order valence-electron chi connectivity index (χ3n) is 4.13. The Balaban J connectivity index is 1.68. The molecule has 1 heterocycles. The fourth-order valence-electron chi connectivity index (χ4n) is 3.08. The third kappa shape index (κ3) is 2.45. The van der Waals surface area contributed by atoms with E-state index in [0.717, 1.165) is 24.9 Å². The zero-order valence-corrected chi connectivity index (χ0v) is 11.2. The minimum Gasteiger partial charge on any atom is -0.399 e. The highest BCUT2D eigenvalue weighted by Crippen LogP contribution is 2.33. The van der Waals surface area contributed by atoms with Gasteiger partial charge in [0.1, 0.15) is 0 Å². The molecule has 3 atom stereocenters. The Kier molecular flexibility index (Phi) is 3.19. The highest BCUT2D eigenvalue weighted by atomic mass is 16.5. The number of aryl methyl sites for hydroxylation is 1. The van der Waals surface area contributed by atoms with Gasteiger partial charge in [0.2, 0.25) is 5.91 Å². The van der Waals surface area contributed by atoms with E-state index < -0.39 is 0 Å². The highest BCUT2D eigenvalue weighted by Gasteiger charge is 2.31. The average molecular weight is 260 g/mol. The third-order valence-corrected chi connectivity index (χ3v) is 4.13. The summed E-state index contributed by atoms with van der Waals surface area (Å²) in [7, 11) is 0. The van der Waals surface area contributed by atoms with Crippen LogP contribution in [0.3, 0.4) is 0 Å². The van der Waals surface area contributed by atoms with Crippen LogP contribution < -0.4 is 11.1 Å². The van der Waals surface area contributed by atoms with Crippen LogP contribution in [0, 0.1) is 5.92 Å². The summed E-state index contributed by atoms with van der Waals surface area (Å²) in [6.45, 7) is 2.56. The molecule has 4 nitrogen and oxygen atoms in total. The lowest BCUT2D eigenvalue weighted by Gasteiger charge is -2.16. The Morgan fingerprint density at radius 2 is 2.32 bits per heavy atom. The van der Waals surface area contributed by atoms with Crippen molar-refractivity contribution in [3.63, 3.8) is 0 Å². The van der Waals surface area contributed by atoms with Crippen LogP contribution in [0.4, 0.5) is 5.69 Å². The number of hydrogen-bond donors (Lipinski definition) is 2. The Morgan fingerprint density at radius 1 is 1.47 bits per heavy atom. The molecule has 1 amide bonds. The van der Waals surface area contributed by atoms with Crippen molar-refractivity contribution in [2.45, 2.75) is 38.3 Å². The van der Waals surface area contributed by atoms with Gasteiger partial charge in [0, 0.05) is 5.69 Å². The molecule has 3 N–H and O–H groups in total. The van der Waals surface area contributed by atoms with E-state index in [9.17, 15) is 4.79 Å². The van der Waals surface area contributed by atoms with E-state index in [-0.39, 0.29) is 24.0 Å². The molecule has 1 aromatic rings. The number of carbonyl (C=O) groups is 1. The number of nitrogens with two attached hydrogens (primary N) is 1. The molecule has 0 bridgehead atoms. The molecule has 0 radical (unpaired) electrons. The van der Waals surface area contributed by atoms with Crippen LogP contribution in [-0.4, -0.2) is 18.6 Å². The first kappa shape index (κ1) is 12.5. The number of hydrogen-bond acceptors (Lipinski definition) is 3. The molecule has 1 aliphatic heterocycles. The van der Waals surface area contributed by atoms with Crippen molar-refractivity contribution >= 4 is 11.6 Å². The normalized spacial score (nSPS) is 29.2. The molecule has 1 saturated heterocycles. The molecule has 19 heavy (non-hydrogen) atoms. The standard InChI is InChI=1S/C15H20N2O2/c1-9-6-11(8-19-9)15(18)17-14-5-2-10-7-12(16)3-4-13(10)14/h3-4,7,9,11,14H,2,5-6,8,16H2,1H3,(H,17,18). The van der Waals surface area contributed by atoms with E-state index in [4.69, 9.17) is 10.5 Å². The zero-order valence-electron chi connectivity index (χ0n) is 11.2. The van der Waals surface area contributed by atoms with Gasteiger partial charge in [-0.25, -0.2) is 0 Å². The monoisotopic (exact) mass is 260 g/mol. The maximum absolute atomic E-state index is 12.2. The Labute approximate surface area is 113 Å². The lowest BCUT2D eigenvalue weighted by Crippen LogP contribution is -2.33. The van der Waals surface area contributed by atoms with E-state index >= 15 is 0 Å². The average Bonchev–Trinajstić information content (AvgIpc) is 2.96. The van der Waals surface area contributed by atoms with Gasteiger partial charge in [0.05, 0.1) is 24.7 Å². The number of benzene rings is 1. The molecule has 0 saturated carbocycles. The molecule has 0 aromatic heterocycles. The molecule has 1 aliphatic carbocycles. The Morgan fingerprint density at radius 3 is 3.05 bits per heavy atom. The molecule has 3 rings (SSSR count). The van der Waals surface area contributed by atoms with E-state index in [0.29, 0.717) is 6.61 Å². The summed E-state index contributed by atoms with van der Waals surface area (Å²) in [5.74, 6) is 0.131. The molecule has 1 aromatic carbocycles. The van der Waals surface area contributed by atoms with Gasteiger partial charge >= 0.3 is 0 Å². The van der Waals surface area contributed by atoms with Gasteiger partial charge in [-0.05, 0) is 49.4 Å². The first-order chi connectivity index (χ1) is 9.13. The number of anilines is 1. The topological polar surface area (TPSA) is 64.4 Å². The van der Waals surface area contributed by atoms with Gasteiger partial charge in [0.15, 0.2) is 0 Å². The van der Waals surface area contributed by atoms with Gasteiger partial charge in [-0.3, -0.25) is 4.79 Å². The number of nitrogens with one attached hydrogen (secondary N) is 1. The van der Waals surface area contributed by atoms with Crippen molar-refractivity contribution in [3.05, 3.63) is 29.3 Å². The van der Waals surface area contributed by atoms with Crippen LogP contribution >= 0.6 is 0 Å². The number of carbonyl (C=O) groups excluding carboxylic acids is 1. The van der Waals surface area contributed by atoms with Gasteiger partial charge in [-0.1, -0.05) is 6.07 Å². The first-order valence-electron chi connectivity index (χ1n) is 6.94. The van der Waals surface area contributed by atoms with Crippen LogP contribution in [0.2, 0.25) is 0 Å². The summed E-state index contributed by atoms with van der Waals surface area (Å²) in [4.78, 5) is 12.2. The van der Waals surface area contributed by atoms with Crippen molar-refractivity contribution in [1.29, 1.82) is 0 Å². The molecule has 0 spiro atoms. The van der Waals surface area contributed by atoms with Crippen molar-refractivity contribution in [2.24, 2.45) is 5.92 Å². The summed E-state index contributed by atoms with van der Waals surface area (Å²) in [6, 6.07) is 6.10. The van der Waals surface area contributed by atoms with Crippen molar-refractivity contribution < 1.29 is 9.53 Å². The Hall–Kier alpha value is -1.55. The molecule has 1 fully saturated rings. The van der Waals surface area contributed by atoms with Crippen LogP contribution in [0.15, 0.2) is 18.2 Å². The number of fused-ring (bicyclic) bond motifs is 1. The van der Waals surface area contributed by atoms with Crippen LogP contribution in [0.25, 0.3) is 0 Å². The summed E-state index contributed by atoms with van der Waals surface area (Å²) in [5, 5.41) is 3.16. The van der Waals surface area contributed by atoms with E-state index in [1.165, 1.54) is 11.1 Å². The summed E-state index contributed by atoms with van der Waals surface area (Å²) in [6.07, 6.45) is 2.98. The molecular weight excluding hydrogens is 240 g/mol. The zero-order chi connectivity index (χ0) is 13.4. The lowest BCUT2D eigenvalue weighted by molar-refractivity contribution is -0.125. The second-order valence-electron chi connectivity index (χ2n) is 5.63. The molecule has 102 valence electrons. The van der Waals surface area contributed by atoms with Crippen molar-refractivity contribution in [2.75, 3.05) is 12.3 Å². The smallest absolute Gasteiger partial charge is 0.226 e. The van der Waals surface area contributed by atoms with Gasteiger partial charge < -0.3 is 15.8 Å². The number of nitrogen functional groups attached to an aromatic ring is 1. The van der Waals surface area contributed by atoms with Gasteiger partial charge in [-0.2, -0.15) is 0 Å². The summed E-state index contributed by atoms with van der Waals surface area (Å²) in [5.41, 5.74) is 9.07. The van der Waals surface area contributed by atoms with Crippen LogP contribution in [0.5, 0.6) is 0 Å². The minimum absolute atomic E-state index is 0.00725. The molecule has 3 unspecified atom stereocenters. The maximum Gasteiger partial charge on any atom is 0.226 e. The predicted molar refractivity (Wildman–Crippen MR) is 73.6 cm³/mol. The SMILES string of the molecule is CC1CC(C(=O)NC2CCc3cc(N)ccc32)CO1. The van der Waals surface area contributed by atoms with E-state index in [1.54, 1.807) is 0 Å². The lowest BCUT2D eigenvalue weighted by atomic mass is 10.0. The fraction of sp³-hybridized carbons (Fsp3) is 0.533. The first-order valence-corrected chi connectivity index (χ1v) is 6.94. The second-order valence-corrected chi connectivity index (χ2v) is 5.63. The van der Waals surface area contributed by atoms with Gasteiger partial charge in [-0.15, -0.1) is 0 Å². The Bertz CT molecular complexity index is 501. The summed E-state index contributed by atoms with van der Waals surface area (Å²) >= 11 is 0. The van der Waals surface area contributed by atoms with Crippen LogP contribution in [0.1, 0.15) is 36.9 Å². The van der Waals surface area contributed by atoms with Crippen molar-refractivity contribution in [1.82, 2.24) is 5.32 Å². The van der Waals surface area contributed by atoms with E-state index in [1.807, 2.05) is 25.1 Å². The molecular formula is C15H20N2O2. The molecule has 2 aliphatic rings. The van der Waals surface area contributed by atoms with Gasteiger partial charge in [0.25, 0.3) is 0 Å².